The molecule has 0 spiro atoms. The Morgan fingerprint density at radius 3 is 2.03 bits per heavy atom. The van der Waals surface area contributed by atoms with Crippen molar-refractivity contribution in [1.82, 2.24) is 4.98 Å². The molecule has 0 fully saturated rings. The molecule has 0 saturated carbocycles. The van der Waals surface area contributed by atoms with Crippen LogP contribution in [0.4, 0.5) is 0 Å². The van der Waals surface area contributed by atoms with Gasteiger partial charge < -0.3 is 14.6 Å². The van der Waals surface area contributed by atoms with Gasteiger partial charge in [0.15, 0.2) is 0 Å². The van der Waals surface area contributed by atoms with Crippen molar-refractivity contribution in [3.63, 3.8) is 0 Å². The highest BCUT2D eigenvalue weighted by Gasteiger charge is 2.29. The van der Waals surface area contributed by atoms with Gasteiger partial charge in [-0.3, -0.25) is 0 Å². The number of aliphatic hydroxyl groups is 1. The van der Waals surface area contributed by atoms with Crippen LogP contribution in [0.25, 0.3) is 0 Å². The summed E-state index contributed by atoms with van der Waals surface area (Å²) in [5.41, 5.74) is 3.36. The summed E-state index contributed by atoms with van der Waals surface area (Å²) < 4.78 is 6.08. The Kier molecular flexibility index (Phi) is 7.11. The van der Waals surface area contributed by atoms with Crippen LogP contribution in [0.3, 0.4) is 0 Å². The largest absolute Gasteiger partial charge is 0.507 e. The minimum atomic E-state index is -0.198. The van der Waals surface area contributed by atoms with E-state index in [1.54, 1.807) is 11.8 Å². The fourth-order valence-corrected chi connectivity index (χ4v) is 4.88. The summed E-state index contributed by atoms with van der Waals surface area (Å²) in [5.74, 6) is 1.75. The summed E-state index contributed by atoms with van der Waals surface area (Å²) in [5, 5.41) is 20.3. The number of aryl methyl sites for hydroxylation is 1. The third-order valence-electron chi connectivity index (χ3n) is 5.54. The molecule has 0 aliphatic carbocycles. The smallest absolute Gasteiger partial charge is 0.212 e. The van der Waals surface area contributed by atoms with E-state index in [1.807, 2.05) is 25.1 Å². The van der Waals surface area contributed by atoms with E-state index in [9.17, 15) is 10.2 Å². The van der Waals surface area contributed by atoms with Crippen molar-refractivity contribution in [2.45, 2.75) is 75.9 Å². The summed E-state index contributed by atoms with van der Waals surface area (Å²) in [7, 11) is 0. The zero-order valence-corrected chi connectivity index (χ0v) is 21.0. The number of nitrogens with zero attached hydrogens (tertiary/aromatic N) is 1. The number of rotatable bonds is 6. The number of aromatic nitrogens is 1. The molecule has 0 aliphatic rings. The first-order valence-corrected chi connectivity index (χ1v) is 12.0. The molecule has 1 atom stereocenters. The minimum absolute atomic E-state index is 0.0395. The summed E-state index contributed by atoms with van der Waals surface area (Å²) >= 11 is 1.67. The molecule has 5 heteroatoms. The van der Waals surface area contributed by atoms with Crippen LogP contribution in [0.1, 0.15) is 80.8 Å². The predicted octanol–water partition coefficient (Wildman–Crippen LogP) is 6.70. The first kappa shape index (κ1) is 24.4. The molecular weight excluding hydrogens is 418 g/mol. The Balaban J connectivity index is 2.13. The number of benzene rings is 2. The normalized spacial score (nSPS) is 13.4. The van der Waals surface area contributed by atoms with E-state index in [-0.39, 0.29) is 22.7 Å². The molecule has 1 unspecified atom stereocenters. The molecule has 0 amide bonds. The number of oxazole rings is 1. The standard InChI is InChI=1S/C27H35NO3S/c1-17-22(13-14-29)28-25(31-17)24(18-11-9-8-10-12-18)32-19-15-20(26(2,3)4)23(30)21(16-19)27(5,6)7/h8-12,15-16,24,29-30H,13-14H2,1-7H3. The van der Waals surface area contributed by atoms with Crippen molar-refractivity contribution in [2.75, 3.05) is 6.61 Å². The highest BCUT2D eigenvalue weighted by molar-refractivity contribution is 7.99. The Bertz CT molecular complexity index is 1020. The van der Waals surface area contributed by atoms with Crippen molar-refractivity contribution in [3.05, 3.63) is 76.5 Å². The maximum absolute atomic E-state index is 11.1. The fraction of sp³-hybridized carbons (Fsp3) is 0.444. The maximum atomic E-state index is 11.1. The molecule has 0 aliphatic heterocycles. The lowest BCUT2D eigenvalue weighted by Gasteiger charge is -2.28. The second-order valence-electron chi connectivity index (χ2n) is 10.3. The first-order valence-electron chi connectivity index (χ1n) is 11.1. The van der Waals surface area contributed by atoms with Crippen LogP contribution in [0.2, 0.25) is 0 Å². The number of hydrogen-bond acceptors (Lipinski definition) is 5. The number of aromatic hydroxyl groups is 1. The number of phenols is 1. The van der Waals surface area contributed by atoms with Gasteiger partial charge in [-0.2, -0.15) is 0 Å². The zero-order valence-electron chi connectivity index (χ0n) is 20.2. The lowest BCUT2D eigenvalue weighted by Crippen LogP contribution is -2.17. The van der Waals surface area contributed by atoms with Gasteiger partial charge in [0, 0.05) is 29.1 Å². The van der Waals surface area contributed by atoms with Crippen molar-refractivity contribution >= 4 is 11.8 Å². The van der Waals surface area contributed by atoms with Crippen LogP contribution >= 0.6 is 11.8 Å². The predicted molar refractivity (Wildman–Crippen MR) is 132 cm³/mol. The van der Waals surface area contributed by atoms with Crippen LogP contribution in [0, 0.1) is 6.92 Å². The second-order valence-corrected chi connectivity index (χ2v) is 11.5. The summed E-state index contributed by atoms with van der Waals surface area (Å²) in [6.45, 7) is 14.7. The molecule has 0 radical (unpaired) electrons. The third kappa shape index (κ3) is 5.38. The van der Waals surface area contributed by atoms with Crippen molar-refractivity contribution < 1.29 is 14.6 Å². The quantitative estimate of drug-likeness (QED) is 0.407. The van der Waals surface area contributed by atoms with Crippen LogP contribution in [0.15, 0.2) is 51.8 Å². The van der Waals surface area contributed by atoms with Gasteiger partial charge in [-0.1, -0.05) is 71.9 Å². The molecule has 3 aromatic rings. The van der Waals surface area contributed by atoms with E-state index >= 15 is 0 Å². The number of thioether (sulfide) groups is 1. The third-order valence-corrected chi connectivity index (χ3v) is 6.76. The van der Waals surface area contributed by atoms with Crippen molar-refractivity contribution in [1.29, 1.82) is 0 Å². The molecule has 3 rings (SSSR count). The van der Waals surface area contributed by atoms with E-state index in [2.05, 4.69) is 65.8 Å². The highest BCUT2D eigenvalue weighted by atomic mass is 32.2. The lowest BCUT2D eigenvalue weighted by atomic mass is 9.79. The Hall–Kier alpha value is -2.24. The van der Waals surface area contributed by atoms with Gasteiger partial charge in [0.25, 0.3) is 0 Å². The Morgan fingerprint density at radius 2 is 1.53 bits per heavy atom. The van der Waals surface area contributed by atoms with Crippen LogP contribution in [0.5, 0.6) is 5.75 Å². The fourth-order valence-electron chi connectivity index (χ4n) is 3.74. The molecule has 32 heavy (non-hydrogen) atoms. The molecule has 0 saturated heterocycles. The molecule has 172 valence electrons. The molecular formula is C27H35NO3S. The Labute approximate surface area is 196 Å². The highest BCUT2D eigenvalue weighted by Crippen LogP contribution is 2.46. The SMILES string of the molecule is Cc1oc(C(Sc2cc(C(C)(C)C)c(O)c(C(C)(C)C)c2)c2ccccc2)nc1CCO. The second kappa shape index (κ2) is 9.32. The van der Waals surface area contributed by atoms with Crippen LogP contribution in [-0.4, -0.2) is 21.8 Å². The summed E-state index contributed by atoms with van der Waals surface area (Å²) in [6.07, 6.45) is 0.475. The monoisotopic (exact) mass is 453 g/mol. The van der Waals surface area contributed by atoms with Gasteiger partial charge in [0.1, 0.15) is 16.8 Å². The molecule has 1 aromatic heterocycles. The van der Waals surface area contributed by atoms with Gasteiger partial charge >= 0.3 is 0 Å². The van der Waals surface area contributed by atoms with E-state index < -0.39 is 0 Å². The number of aliphatic hydroxyl groups excluding tert-OH is 1. The van der Waals surface area contributed by atoms with Gasteiger partial charge in [-0.05, 0) is 35.4 Å². The van der Waals surface area contributed by atoms with Gasteiger partial charge in [-0.15, -0.1) is 11.8 Å². The van der Waals surface area contributed by atoms with E-state index in [0.717, 1.165) is 33.0 Å². The van der Waals surface area contributed by atoms with E-state index in [4.69, 9.17) is 9.40 Å². The first-order chi connectivity index (χ1) is 14.9. The Morgan fingerprint density at radius 1 is 0.969 bits per heavy atom. The molecule has 2 aromatic carbocycles. The number of hydrogen-bond donors (Lipinski definition) is 2. The van der Waals surface area contributed by atoms with Crippen LogP contribution in [-0.2, 0) is 17.3 Å². The van der Waals surface area contributed by atoms with E-state index in [1.165, 1.54) is 0 Å². The molecule has 1 heterocycles. The van der Waals surface area contributed by atoms with E-state index in [0.29, 0.717) is 18.1 Å². The zero-order chi connectivity index (χ0) is 23.7. The molecule has 2 N–H and O–H groups in total. The minimum Gasteiger partial charge on any atom is -0.507 e. The number of phenolic OH excluding ortho intramolecular Hbond substituents is 1. The van der Waals surface area contributed by atoms with Gasteiger partial charge in [-0.25, -0.2) is 4.98 Å². The van der Waals surface area contributed by atoms with Gasteiger partial charge in [0.05, 0.1) is 5.69 Å². The van der Waals surface area contributed by atoms with Crippen molar-refractivity contribution in [3.8, 4) is 5.75 Å². The maximum Gasteiger partial charge on any atom is 0.212 e. The average molecular weight is 454 g/mol. The summed E-state index contributed by atoms with van der Waals surface area (Å²) in [4.78, 5) is 5.80. The van der Waals surface area contributed by atoms with Crippen molar-refractivity contribution in [2.24, 2.45) is 0 Å². The molecule has 4 nitrogen and oxygen atoms in total. The summed E-state index contributed by atoms with van der Waals surface area (Å²) in [6, 6.07) is 14.4. The molecule has 0 bridgehead atoms. The van der Waals surface area contributed by atoms with Crippen LogP contribution < -0.4 is 0 Å². The van der Waals surface area contributed by atoms with Gasteiger partial charge in [0.2, 0.25) is 5.89 Å². The average Bonchev–Trinajstić information content (AvgIpc) is 3.06. The lowest BCUT2D eigenvalue weighted by molar-refractivity contribution is 0.297. The topological polar surface area (TPSA) is 66.5 Å².